The first kappa shape index (κ1) is 24.2. The van der Waals surface area contributed by atoms with E-state index in [0.717, 1.165) is 0 Å². The summed E-state index contributed by atoms with van der Waals surface area (Å²) < 4.78 is 11.2. The highest BCUT2D eigenvalue weighted by Crippen LogP contribution is 2.44. The summed E-state index contributed by atoms with van der Waals surface area (Å²) in [4.78, 5) is 42.0. The maximum Gasteiger partial charge on any atom is 0.337 e. The molecule has 31 heavy (non-hydrogen) atoms. The van der Waals surface area contributed by atoms with E-state index >= 15 is 0 Å². The highest BCUT2D eigenvalue weighted by Gasteiger charge is 2.46. The van der Waals surface area contributed by atoms with E-state index in [9.17, 15) is 19.7 Å². The van der Waals surface area contributed by atoms with Crippen LogP contribution in [0.4, 0.5) is 5.69 Å². The number of ether oxygens (including phenoxy) is 2. The largest absolute Gasteiger partial charge is 0.459 e. The third-order valence-corrected chi connectivity index (χ3v) is 4.58. The smallest absolute Gasteiger partial charge is 0.337 e. The van der Waals surface area contributed by atoms with Crippen molar-refractivity contribution in [1.29, 1.82) is 0 Å². The lowest BCUT2D eigenvalue weighted by Crippen LogP contribution is -2.40. The molecule has 1 aromatic carbocycles. The first-order valence-corrected chi connectivity index (χ1v) is 10.1. The standard InChI is InChI=1S/C23H30N2O6/c1-13-17(20(26)30-22(3,4)5)19(15-11-9-10-12-16(15)25(28)29)18(14(2)24-13)21(27)31-23(6,7)8/h9-12,17,19H,1-8H3. The number of rotatable bonds is 4. The minimum atomic E-state index is -1.01. The Labute approximate surface area is 182 Å². The minimum absolute atomic E-state index is 0.116. The summed E-state index contributed by atoms with van der Waals surface area (Å²) in [5, 5.41) is 11.8. The maximum absolute atomic E-state index is 13.2. The third-order valence-electron chi connectivity index (χ3n) is 4.58. The van der Waals surface area contributed by atoms with Crippen molar-refractivity contribution < 1.29 is 24.0 Å². The molecule has 0 bridgehead atoms. The van der Waals surface area contributed by atoms with Crippen LogP contribution in [-0.4, -0.2) is 33.8 Å². The molecule has 0 N–H and O–H groups in total. The van der Waals surface area contributed by atoms with Gasteiger partial charge in [-0.1, -0.05) is 18.2 Å². The molecule has 1 aromatic rings. The number of hydrogen-bond acceptors (Lipinski definition) is 7. The molecule has 0 spiro atoms. The van der Waals surface area contributed by atoms with Crippen LogP contribution in [0.3, 0.4) is 0 Å². The molecule has 2 rings (SSSR count). The van der Waals surface area contributed by atoms with Crippen LogP contribution in [0.2, 0.25) is 0 Å². The number of hydrogen-bond donors (Lipinski definition) is 0. The van der Waals surface area contributed by atoms with Crippen molar-refractivity contribution in [2.75, 3.05) is 0 Å². The quantitative estimate of drug-likeness (QED) is 0.388. The fraction of sp³-hybridized carbons (Fsp3) is 0.522. The van der Waals surface area contributed by atoms with Gasteiger partial charge in [-0.05, 0) is 55.4 Å². The lowest BCUT2D eigenvalue weighted by atomic mass is 9.75. The number of allylic oxidation sites excluding steroid dienone is 1. The third kappa shape index (κ3) is 5.77. The van der Waals surface area contributed by atoms with Crippen molar-refractivity contribution in [3.63, 3.8) is 0 Å². The van der Waals surface area contributed by atoms with Gasteiger partial charge in [-0.25, -0.2) is 4.79 Å². The summed E-state index contributed by atoms with van der Waals surface area (Å²) in [6.07, 6.45) is 0. The van der Waals surface area contributed by atoms with Gasteiger partial charge in [0.2, 0.25) is 0 Å². The Hall–Kier alpha value is -3.03. The molecule has 0 aromatic heterocycles. The molecule has 1 aliphatic heterocycles. The van der Waals surface area contributed by atoms with Gasteiger partial charge in [-0.2, -0.15) is 0 Å². The van der Waals surface area contributed by atoms with Gasteiger partial charge < -0.3 is 9.47 Å². The molecular weight excluding hydrogens is 400 g/mol. The van der Waals surface area contributed by atoms with E-state index in [4.69, 9.17) is 9.47 Å². The first-order valence-electron chi connectivity index (χ1n) is 10.1. The second-order valence-corrected chi connectivity index (χ2v) is 9.56. The van der Waals surface area contributed by atoms with E-state index in [2.05, 4.69) is 4.99 Å². The molecule has 0 saturated carbocycles. The van der Waals surface area contributed by atoms with E-state index < -0.39 is 39.9 Å². The monoisotopic (exact) mass is 430 g/mol. The van der Waals surface area contributed by atoms with Crippen molar-refractivity contribution in [3.8, 4) is 0 Å². The molecule has 0 aliphatic carbocycles. The topological polar surface area (TPSA) is 108 Å². The molecule has 0 fully saturated rings. The van der Waals surface area contributed by atoms with Crippen LogP contribution in [0.15, 0.2) is 40.5 Å². The van der Waals surface area contributed by atoms with E-state index in [0.29, 0.717) is 11.4 Å². The molecule has 8 heteroatoms. The fourth-order valence-electron chi connectivity index (χ4n) is 3.56. The zero-order chi connectivity index (χ0) is 23.7. The number of esters is 2. The number of nitrogens with zero attached hydrogens (tertiary/aromatic N) is 2. The summed E-state index contributed by atoms with van der Waals surface area (Å²) in [6, 6.07) is 6.08. The Morgan fingerprint density at radius 1 is 1.00 bits per heavy atom. The molecule has 8 nitrogen and oxygen atoms in total. The fourth-order valence-corrected chi connectivity index (χ4v) is 3.56. The van der Waals surface area contributed by atoms with Crippen LogP contribution in [0.25, 0.3) is 0 Å². The number of para-hydroxylation sites is 1. The number of aliphatic imine (C=N–C) groups is 1. The summed E-state index contributed by atoms with van der Waals surface area (Å²) >= 11 is 0. The van der Waals surface area contributed by atoms with Crippen LogP contribution < -0.4 is 0 Å². The van der Waals surface area contributed by atoms with Crippen LogP contribution in [-0.2, 0) is 19.1 Å². The van der Waals surface area contributed by atoms with Crippen molar-refractivity contribution in [3.05, 3.63) is 51.2 Å². The molecule has 2 atom stereocenters. The molecule has 168 valence electrons. The lowest BCUT2D eigenvalue weighted by molar-refractivity contribution is -0.385. The number of benzene rings is 1. The highest BCUT2D eigenvalue weighted by atomic mass is 16.6. The van der Waals surface area contributed by atoms with Gasteiger partial charge >= 0.3 is 11.9 Å². The Balaban J connectivity index is 2.75. The first-order chi connectivity index (χ1) is 14.1. The van der Waals surface area contributed by atoms with E-state index in [1.165, 1.54) is 12.1 Å². The van der Waals surface area contributed by atoms with Crippen LogP contribution in [0.1, 0.15) is 66.9 Å². The average molecular weight is 431 g/mol. The molecular formula is C23H30N2O6. The number of nitro benzene ring substituents is 1. The van der Waals surface area contributed by atoms with Crippen molar-refractivity contribution in [2.24, 2.45) is 10.9 Å². The van der Waals surface area contributed by atoms with Gasteiger partial charge in [-0.3, -0.25) is 19.9 Å². The molecule has 1 aliphatic rings. The Morgan fingerprint density at radius 2 is 1.55 bits per heavy atom. The average Bonchev–Trinajstić information content (AvgIpc) is 2.57. The summed E-state index contributed by atoms with van der Waals surface area (Å²) in [5.74, 6) is -3.25. The van der Waals surface area contributed by atoms with Crippen molar-refractivity contribution >= 4 is 23.3 Å². The zero-order valence-electron chi connectivity index (χ0n) is 19.3. The lowest BCUT2D eigenvalue weighted by Gasteiger charge is -2.34. The van der Waals surface area contributed by atoms with Crippen molar-refractivity contribution in [2.45, 2.75) is 72.5 Å². The van der Waals surface area contributed by atoms with Gasteiger partial charge in [0.25, 0.3) is 5.69 Å². The van der Waals surface area contributed by atoms with Crippen molar-refractivity contribution in [1.82, 2.24) is 0 Å². The second-order valence-electron chi connectivity index (χ2n) is 9.56. The molecule has 0 amide bonds. The highest BCUT2D eigenvalue weighted by molar-refractivity contribution is 6.07. The van der Waals surface area contributed by atoms with Gasteiger partial charge in [0.05, 0.1) is 10.5 Å². The second kappa shape index (κ2) is 8.61. The molecule has 2 unspecified atom stereocenters. The van der Waals surface area contributed by atoms with Gasteiger partial charge in [0.15, 0.2) is 0 Å². The van der Waals surface area contributed by atoms with Crippen LogP contribution >= 0.6 is 0 Å². The summed E-state index contributed by atoms with van der Waals surface area (Å²) in [7, 11) is 0. The normalized spacial score (nSPS) is 19.5. The minimum Gasteiger partial charge on any atom is -0.459 e. The van der Waals surface area contributed by atoms with Gasteiger partial charge in [-0.15, -0.1) is 0 Å². The molecule has 0 radical (unpaired) electrons. The maximum atomic E-state index is 13.2. The predicted octanol–water partition coefficient (Wildman–Crippen LogP) is 4.73. The van der Waals surface area contributed by atoms with E-state index in [-0.39, 0.29) is 16.8 Å². The van der Waals surface area contributed by atoms with E-state index in [1.807, 2.05) is 0 Å². The molecule has 1 heterocycles. The van der Waals surface area contributed by atoms with E-state index in [1.54, 1.807) is 67.5 Å². The number of carbonyl (C=O) groups is 2. The van der Waals surface area contributed by atoms with Gasteiger partial charge in [0, 0.05) is 29.0 Å². The SMILES string of the molecule is CC1=NC(C)=C(C(=O)OC(C)(C)C)C(c2ccccc2[N+](=O)[O-])C1C(=O)OC(C)(C)C. The number of carbonyl (C=O) groups excluding carboxylic acids is 2. The number of nitro groups is 1. The Bertz CT molecular complexity index is 963. The zero-order valence-corrected chi connectivity index (χ0v) is 19.3. The predicted molar refractivity (Wildman–Crippen MR) is 117 cm³/mol. The van der Waals surface area contributed by atoms with Crippen LogP contribution in [0, 0.1) is 16.0 Å². The van der Waals surface area contributed by atoms with Gasteiger partial charge in [0.1, 0.15) is 17.1 Å². The summed E-state index contributed by atoms with van der Waals surface area (Å²) in [5.41, 5.74) is -0.646. The van der Waals surface area contributed by atoms with Crippen LogP contribution in [0.5, 0.6) is 0 Å². The Kier molecular flexibility index (Phi) is 6.73. The molecule has 0 saturated heterocycles. The summed E-state index contributed by atoms with van der Waals surface area (Å²) in [6.45, 7) is 13.7. The Morgan fingerprint density at radius 3 is 2.06 bits per heavy atom.